The third kappa shape index (κ3) is 3.35. The molecule has 0 aromatic carbocycles. The third-order valence-electron chi connectivity index (χ3n) is 3.78. The maximum atomic E-state index is 4.71. The molecule has 0 atom stereocenters. The Kier molecular flexibility index (Phi) is 3.56. The Hall–Kier alpha value is -1.35. The Bertz CT molecular complexity index is 461. The fraction of sp³-hybridized carbons (Fsp3) is 0.562. The molecule has 1 N–H and O–H groups in total. The minimum Gasteiger partial charge on any atom is -0.350 e. The summed E-state index contributed by atoms with van der Waals surface area (Å²) in [7, 11) is 0. The van der Waals surface area contributed by atoms with Crippen molar-refractivity contribution in [1.29, 1.82) is 0 Å². The van der Waals surface area contributed by atoms with E-state index in [1.165, 1.54) is 31.2 Å². The van der Waals surface area contributed by atoms with Gasteiger partial charge in [0.2, 0.25) is 0 Å². The summed E-state index contributed by atoms with van der Waals surface area (Å²) in [6, 6.07) is 5.86. The zero-order chi connectivity index (χ0) is 13.2. The molecule has 3 heteroatoms. The number of rotatable bonds is 7. The average Bonchev–Trinajstić information content (AvgIpc) is 3.27. The van der Waals surface area contributed by atoms with Gasteiger partial charge in [0.25, 0.3) is 0 Å². The quantitative estimate of drug-likeness (QED) is 0.761. The summed E-state index contributed by atoms with van der Waals surface area (Å²) in [5.74, 6) is 1.12. The lowest BCUT2D eigenvalue weighted by Gasteiger charge is -2.23. The van der Waals surface area contributed by atoms with Crippen LogP contribution in [0.25, 0.3) is 0 Å². The van der Waals surface area contributed by atoms with E-state index in [9.17, 15) is 0 Å². The van der Waals surface area contributed by atoms with Gasteiger partial charge in [-0.2, -0.15) is 0 Å². The third-order valence-corrected chi connectivity index (χ3v) is 3.78. The van der Waals surface area contributed by atoms with Crippen LogP contribution in [-0.2, 0) is 6.54 Å². The number of hydrogen-bond acceptors (Lipinski definition) is 3. The van der Waals surface area contributed by atoms with Gasteiger partial charge < -0.3 is 10.2 Å². The van der Waals surface area contributed by atoms with Gasteiger partial charge in [0.15, 0.2) is 0 Å². The van der Waals surface area contributed by atoms with E-state index in [-0.39, 0.29) is 0 Å². The molecule has 0 spiro atoms. The predicted molar refractivity (Wildman–Crippen MR) is 79.4 cm³/mol. The summed E-state index contributed by atoms with van der Waals surface area (Å²) >= 11 is 0. The lowest BCUT2D eigenvalue weighted by atomic mass is 10.2. The maximum absolute atomic E-state index is 4.71. The molecule has 2 saturated carbocycles. The van der Waals surface area contributed by atoms with Crippen LogP contribution in [-0.4, -0.2) is 23.6 Å². The molecule has 1 aromatic rings. The molecule has 2 aliphatic rings. The van der Waals surface area contributed by atoms with E-state index in [1.807, 2.05) is 6.08 Å². The second kappa shape index (κ2) is 5.33. The van der Waals surface area contributed by atoms with Crippen LogP contribution in [0.15, 0.2) is 24.8 Å². The number of aromatic nitrogens is 1. The van der Waals surface area contributed by atoms with Crippen LogP contribution in [0.3, 0.4) is 0 Å². The molecule has 3 nitrogen and oxygen atoms in total. The fourth-order valence-corrected chi connectivity index (χ4v) is 2.47. The van der Waals surface area contributed by atoms with Gasteiger partial charge in [-0.15, -0.1) is 6.58 Å². The first-order valence-corrected chi connectivity index (χ1v) is 7.35. The lowest BCUT2D eigenvalue weighted by Crippen LogP contribution is -2.27. The molecule has 19 heavy (non-hydrogen) atoms. The van der Waals surface area contributed by atoms with Crippen molar-refractivity contribution in [2.24, 2.45) is 0 Å². The molecule has 1 aromatic heterocycles. The van der Waals surface area contributed by atoms with Crippen LogP contribution in [0.1, 0.15) is 36.9 Å². The van der Waals surface area contributed by atoms with Gasteiger partial charge >= 0.3 is 0 Å². The summed E-state index contributed by atoms with van der Waals surface area (Å²) in [4.78, 5) is 7.10. The van der Waals surface area contributed by atoms with E-state index in [1.54, 1.807) is 0 Å². The van der Waals surface area contributed by atoms with Crippen molar-refractivity contribution >= 4 is 5.82 Å². The lowest BCUT2D eigenvalue weighted by molar-refractivity contribution is 0.685. The fourth-order valence-electron chi connectivity index (χ4n) is 2.47. The molecule has 0 amide bonds. The van der Waals surface area contributed by atoms with Gasteiger partial charge in [0.1, 0.15) is 5.82 Å². The van der Waals surface area contributed by atoms with Crippen molar-refractivity contribution in [2.75, 3.05) is 11.4 Å². The van der Waals surface area contributed by atoms with Crippen LogP contribution in [0.5, 0.6) is 0 Å². The topological polar surface area (TPSA) is 28.2 Å². The van der Waals surface area contributed by atoms with Crippen molar-refractivity contribution in [3.05, 3.63) is 36.0 Å². The SMILES string of the molecule is C=CCN(c1cc(CNC2CC2)cc(C)n1)C1CC1. The molecule has 0 aliphatic heterocycles. The van der Waals surface area contributed by atoms with E-state index in [2.05, 4.69) is 35.9 Å². The van der Waals surface area contributed by atoms with Crippen LogP contribution in [0, 0.1) is 6.92 Å². The average molecular weight is 257 g/mol. The van der Waals surface area contributed by atoms with Crippen LogP contribution < -0.4 is 10.2 Å². The molecule has 2 fully saturated rings. The van der Waals surface area contributed by atoms with Crippen molar-refractivity contribution in [3.8, 4) is 0 Å². The first kappa shape index (κ1) is 12.7. The Morgan fingerprint density at radius 3 is 2.79 bits per heavy atom. The van der Waals surface area contributed by atoms with E-state index < -0.39 is 0 Å². The Morgan fingerprint density at radius 2 is 2.16 bits per heavy atom. The minimum atomic E-state index is 0.677. The Balaban J connectivity index is 1.76. The summed E-state index contributed by atoms with van der Waals surface area (Å²) in [6.45, 7) is 7.82. The van der Waals surface area contributed by atoms with E-state index >= 15 is 0 Å². The van der Waals surface area contributed by atoms with Crippen molar-refractivity contribution < 1.29 is 0 Å². The molecule has 0 bridgehead atoms. The molecule has 3 rings (SSSR count). The summed E-state index contributed by atoms with van der Waals surface area (Å²) in [5.41, 5.74) is 2.46. The molecule has 2 aliphatic carbocycles. The Morgan fingerprint density at radius 1 is 1.37 bits per heavy atom. The molecule has 102 valence electrons. The number of pyridine rings is 1. The van der Waals surface area contributed by atoms with Crippen LogP contribution in [0.4, 0.5) is 5.82 Å². The first-order chi connectivity index (χ1) is 9.26. The first-order valence-electron chi connectivity index (χ1n) is 7.35. The van der Waals surface area contributed by atoms with Crippen LogP contribution in [0.2, 0.25) is 0 Å². The molecule has 0 radical (unpaired) electrons. The van der Waals surface area contributed by atoms with Crippen LogP contribution >= 0.6 is 0 Å². The number of nitrogens with one attached hydrogen (secondary N) is 1. The maximum Gasteiger partial charge on any atom is 0.129 e. The van der Waals surface area contributed by atoms with E-state index in [0.717, 1.165) is 30.6 Å². The Labute approximate surface area is 115 Å². The number of nitrogens with zero attached hydrogens (tertiary/aromatic N) is 2. The largest absolute Gasteiger partial charge is 0.350 e. The van der Waals surface area contributed by atoms with E-state index in [0.29, 0.717) is 6.04 Å². The highest BCUT2D eigenvalue weighted by Crippen LogP contribution is 2.31. The highest BCUT2D eigenvalue weighted by Gasteiger charge is 2.29. The minimum absolute atomic E-state index is 0.677. The second-order valence-corrected chi connectivity index (χ2v) is 5.80. The number of aryl methyl sites for hydroxylation is 1. The highest BCUT2D eigenvalue weighted by atomic mass is 15.2. The molecular weight excluding hydrogens is 234 g/mol. The highest BCUT2D eigenvalue weighted by molar-refractivity contribution is 5.45. The van der Waals surface area contributed by atoms with Crippen molar-refractivity contribution in [3.63, 3.8) is 0 Å². The smallest absolute Gasteiger partial charge is 0.129 e. The summed E-state index contributed by atoms with van der Waals surface area (Å²) < 4.78 is 0. The van der Waals surface area contributed by atoms with Gasteiger partial charge in [0, 0.05) is 30.9 Å². The molecule has 1 heterocycles. The zero-order valence-corrected chi connectivity index (χ0v) is 11.7. The monoisotopic (exact) mass is 257 g/mol. The van der Waals surface area contributed by atoms with Gasteiger partial charge in [-0.25, -0.2) is 4.98 Å². The predicted octanol–water partition coefficient (Wildman–Crippen LogP) is 2.80. The molecular formula is C16H23N3. The standard InChI is InChI=1S/C16H23N3/c1-3-8-19(15-6-7-15)16-10-13(9-12(2)18-16)11-17-14-4-5-14/h3,9-10,14-15,17H,1,4-8,11H2,2H3. The van der Waals surface area contributed by atoms with Gasteiger partial charge in [0.05, 0.1) is 0 Å². The molecule has 0 saturated heterocycles. The van der Waals surface area contributed by atoms with Crippen molar-refractivity contribution in [2.45, 2.75) is 51.2 Å². The number of anilines is 1. The van der Waals surface area contributed by atoms with Crippen molar-refractivity contribution in [1.82, 2.24) is 10.3 Å². The summed E-state index contributed by atoms with van der Waals surface area (Å²) in [5, 5.41) is 3.58. The second-order valence-electron chi connectivity index (χ2n) is 5.80. The summed E-state index contributed by atoms with van der Waals surface area (Å²) in [6.07, 6.45) is 7.23. The normalized spacial score (nSPS) is 18.4. The molecule has 0 unspecified atom stereocenters. The zero-order valence-electron chi connectivity index (χ0n) is 11.7. The van der Waals surface area contributed by atoms with Gasteiger partial charge in [-0.05, 0) is 50.3 Å². The van der Waals surface area contributed by atoms with Gasteiger partial charge in [-0.3, -0.25) is 0 Å². The van der Waals surface area contributed by atoms with E-state index in [4.69, 9.17) is 4.98 Å². The number of hydrogen-bond donors (Lipinski definition) is 1. The van der Waals surface area contributed by atoms with Gasteiger partial charge in [-0.1, -0.05) is 6.08 Å².